The number of nitrogens with zero attached hydrogens (tertiary/aromatic N) is 1. The van der Waals surface area contributed by atoms with E-state index in [0.717, 1.165) is 30.4 Å². The highest BCUT2D eigenvalue weighted by atomic mass is 16.3. The first kappa shape index (κ1) is 26.4. The molecule has 0 spiro atoms. The third-order valence-electron chi connectivity index (χ3n) is 9.35. The van der Waals surface area contributed by atoms with Crippen LogP contribution in [0.25, 0.3) is 5.76 Å². The highest BCUT2D eigenvalue weighted by molar-refractivity contribution is 6.24. The predicted molar refractivity (Wildman–Crippen MR) is 139 cm³/mol. The predicted octanol–water partition coefficient (Wildman–Crippen LogP) is 2.33. The second-order valence-electron chi connectivity index (χ2n) is 11.9. The molecule has 9 heteroatoms. The largest absolute Gasteiger partial charge is 0.508 e. The Morgan fingerprint density at radius 2 is 1.76 bits per heavy atom. The van der Waals surface area contributed by atoms with Crippen molar-refractivity contribution in [2.24, 2.45) is 29.4 Å². The van der Waals surface area contributed by atoms with E-state index < -0.39 is 58.0 Å². The number of ketones is 2. The lowest BCUT2D eigenvalue weighted by Crippen LogP contribution is -2.65. The van der Waals surface area contributed by atoms with Crippen molar-refractivity contribution >= 4 is 23.2 Å². The Morgan fingerprint density at radius 3 is 2.37 bits per heavy atom. The number of rotatable bonds is 4. The zero-order valence-electron chi connectivity index (χ0n) is 22.0. The number of carbonyl (C=O) groups is 3. The van der Waals surface area contributed by atoms with Gasteiger partial charge in [-0.15, -0.1) is 0 Å². The SMILES string of the molecule is CC1CCC(Cc2ccc(O)c3c2C[C@@H]2C[C@@H]4[C@@H](N(C)C)C(=O)C(C(N)=O)=C(O)[C@]4(O)C(=O)C2=C3O)CC1. The fraction of sp³-hybridized carbons (Fsp3) is 0.552. The number of phenols is 1. The molecular weight excluding hydrogens is 488 g/mol. The van der Waals surface area contributed by atoms with Gasteiger partial charge in [-0.05, 0) is 81.1 Å². The Hall–Kier alpha value is -3.17. The Labute approximate surface area is 221 Å². The van der Waals surface area contributed by atoms with Crippen LogP contribution in [-0.2, 0) is 27.2 Å². The van der Waals surface area contributed by atoms with Crippen LogP contribution in [0.1, 0.15) is 55.7 Å². The Bertz CT molecular complexity index is 1290. The first-order chi connectivity index (χ1) is 17.9. The van der Waals surface area contributed by atoms with Gasteiger partial charge in [-0.3, -0.25) is 19.3 Å². The van der Waals surface area contributed by atoms with Crippen LogP contribution in [0.5, 0.6) is 5.75 Å². The van der Waals surface area contributed by atoms with E-state index in [4.69, 9.17) is 5.73 Å². The number of hydrogen-bond acceptors (Lipinski definition) is 8. The number of aliphatic hydroxyl groups is 3. The van der Waals surface area contributed by atoms with Crippen LogP contribution in [0.15, 0.2) is 29.0 Å². The van der Waals surface area contributed by atoms with Gasteiger partial charge in [-0.25, -0.2) is 0 Å². The number of aliphatic hydroxyl groups excluding tert-OH is 2. The molecule has 6 N–H and O–H groups in total. The van der Waals surface area contributed by atoms with Crippen LogP contribution in [0.3, 0.4) is 0 Å². The smallest absolute Gasteiger partial charge is 0.255 e. The molecule has 0 aliphatic heterocycles. The summed E-state index contributed by atoms with van der Waals surface area (Å²) in [5.41, 5.74) is 3.79. The number of amides is 1. The Kier molecular flexibility index (Phi) is 6.43. The van der Waals surface area contributed by atoms with Gasteiger partial charge in [0.2, 0.25) is 5.78 Å². The summed E-state index contributed by atoms with van der Waals surface area (Å²) in [7, 11) is 3.18. The summed E-state index contributed by atoms with van der Waals surface area (Å²) in [5, 5.41) is 44.7. The first-order valence-corrected chi connectivity index (χ1v) is 13.4. The van der Waals surface area contributed by atoms with E-state index in [2.05, 4.69) is 6.92 Å². The summed E-state index contributed by atoms with van der Waals surface area (Å²) < 4.78 is 0. The van der Waals surface area contributed by atoms with Crippen molar-refractivity contribution in [1.29, 1.82) is 0 Å². The van der Waals surface area contributed by atoms with E-state index in [9.17, 15) is 34.8 Å². The van der Waals surface area contributed by atoms with Crippen LogP contribution in [0.4, 0.5) is 0 Å². The molecule has 0 saturated heterocycles. The van der Waals surface area contributed by atoms with Crippen LogP contribution in [-0.4, -0.2) is 68.5 Å². The molecule has 4 aliphatic rings. The molecule has 2 saturated carbocycles. The van der Waals surface area contributed by atoms with Crippen LogP contribution in [0.2, 0.25) is 0 Å². The second-order valence-corrected chi connectivity index (χ2v) is 11.9. The monoisotopic (exact) mass is 524 g/mol. The van der Waals surface area contributed by atoms with Gasteiger partial charge in [0.15, 0.2) is 11.4 Å². The minimum Gasteiger partial charge on any atom is -0.508 e. The number of aromatic hydroxyl groups is 1. The molecule has 1 aromatic rings. The minimum atomic E-state index is -2.61. The number of Topliss-reactive ketones (excluding diaryl/α,β-unsaturated/α-hetero) is 2. The molecule has 4 atom stereocenters. The minimum absolute atomic E-state index is 0.0990. The summed E-state index contributed by atoms with van der Waals surface area (Å²) in [6.45, 7) is 2.26. The number of carbonyl (C=O) groups excluding carboxylic acids is 3. The van der Waals surface area contributed by atoms with Crippen molar-refractivity contribution in [3.63, 3.8) is 0 Å². The molecule has 0 heterocycles. The topological polar surface area (TPSA) is 161 Å². The van der Waals surface area contributed by atoms with E-state index in [1.165, 1.54) is 23.8 Å². The molecule has 4 aliphatic carbocycles. The van der Waals surface area contributed by atoms with Gasteiger partial charge in [-0.1, -0.05) is 25.8 Å². The summed E-state index contributed by atoms with van der Waals surface area (Å²) in [4.78, 5) is 40.7. The Morgan fingerprint density at radius 1 is 1.11 bits per heavy atom. The number of primary amides is 1. The van der Waals surface area contributed by atoms with Gasteiger partial charge in [-0.2, -0.15) is 0 Å². The van der Waals surface area contributed by atoms with Gasteiger partial charge in [0.25, 0.3) is 5.91 Å². The van der Waals surface area contributed by atoms with Gasteiger partial charge in [0.1, 0.15) is 22.8 Å². The lowest BCUT2D eigenvalue weighted by molar-refractivity contribution is -0.153. The number of hydrogen-bond donors (Lipinski definition) is 5. The lowest BCUT2D eigenvalue weighted by atomic mass is 9.57. The average Bonchev–Trinajstić information content (AvgIpc) is 2.84. The van der Waals surface area contributed by atoms with Crippen LogP contribution in [0, 0.1) is 23.7 Å². The molecule has 0 radical (unpaired) electrons. The molecule has 0 aromatic heterocycles. The van der Waals surface area contributed by atoms with Crippen LogP contribution >= 0.6 is 0 Å². The number of fused-ring (bicyclic) bond motifs is 3. The number of phenolic OH excluding ortho intramolecular Hbond substituents is 1. The molecule has 204 valence electrons. The molecule has 38 heavy (non-hydrogen) atoms. The quantitative estimate of drug-likeness (QED) is 0.375. The van der Waals surface area contributed by atoms with Crippen LogP contribution < -0.4 is 5.73 Å². The van der Waals surface area contributed by atoms with E-state index in [1.54, 1.807) is 14.1 Å². The van der Waals surface area contributed by atoms with Crippen molar-refractivity contribution in [2.75, 3.05) is 14.1 Å². The third kappa shape index (κ3) is 3.78. The molecule has 1 aromatic carbocycles. The summed E-state index contributed by atoms with van der Waals surface area (Å²) in [6, 6.07) is 2.32. The van der Waals surface area contributed by atoms with Crippen molar-refractivity contribution in [3.05, 3.63) is 45.7 Å². The molecule has 0 unspecified atom stereocenters. The molecule has 9 nitrogen and oxygen atoms in total. The molecule has 0 bridgehead atoms. The zero-order valence-corrected chi connectivity index (χ0v) is 22.0. The average molecular weight is 525 g/mol. The number of likely N-dealkylation sites (N-methyl/N-ethyl adjacent to an activating group) is 1. The highest BCUT2D eigenvalue weighted by Gasteiger charge is 2.64. The van der Waals surface area contributed by atoms with Gasteiger partial charge < -0.3 is 26.2 Å². The highest BCUT2D eigenvalue weighted by Crippen LogP contribution is 2.53. The normalized spacial score (nSPS) is 33.2. The van der Waals surface area contributed by atoms with Crippen molar-refractivity contribution in [2.45, 2.75) is 63.5 Å². The van der Waals surface area contributed by atoms with E-state index in [-0.39, 0.29) is 23.3 Å². The molecular formula is C29H36N2O7. The molecule has 5 rings (SSSR count). The first-order valence-electron chi connectivity index (χ1n) is 13.4. The fourth-order valence-electron chi connectivity index (χ4n) is 7.34. The van der Waals surface area contributed by atoms with E-state index in [0.29, 0.717) is 18.3 Å². The number of benzene rings is 1. The van der Waals surface area contributed by atoms with E-state index >= 15 is 0 Å². The maximum atomic E-state index is 13.9. The maximum Gasteiger partial charge on any atom is 0.255 e. The fourth-order valence-corrected chi connectivity index (χ4v) is 7.34. The Balaban J connectivity index is 1.62. The van der Waals surface area contributed by atoms with Gasteiger partial charge in [0, 0.05) is 11.5 Å². The zero-order chi connectivity index (χ0) is 27.7. The lowest BCUT2D eigenvalue weighted by Gasteiger charge is -2.50. The molecule has 1 amide bonds. The van der Waals surface area contributed by atoms with Crippen molar-refractivity contribution < 1.29 is 34.8 Å². The maximum absolute atomic E-state index is 13.9. The second kappa shape index (κ2) is 9.24. The van der Waals surface area contributed by atoms with Gasteiger partial charge in [0.05, 0.1) is 11.6 Å². The van der Waals surface area contributed by atoms with Gasteiger partial charge >= 0.3 is 0 Å². The van der Waals surface area contributed by atoms with Crippen molar-refractivity contribution in [1.82, 2.24) is 4.90 Å². The summed E-state index contributed by atoms with van der Waals surface area (Å²) in [5.74, 6) is -5.06. The van der Waals surface area contributed by atoms with Crippen molar-refractivity contribution in [3.8, 4) is 5.75 Å². The third-order valence-corrected chi connectivity index (χ3v) is 9.35. The summed E-state index contributed by atoms with van der Waals surface area (Å²) >= 11 is 0. The molecule has 2 fully saturated rings. The summed E-state index contributed by atoms with van der Waals surface area (Å²) in [6.07, 6.45) is 5.80. The number of nitrogens with two attached hydrogens (primary N) is 1. The standard InChI is InChI=1S/C29H36N2O7/c1-13-4-6-14(7-5-13)10-15-8-9-19(32)21-17(15)11-16-12-18-23(31(2)3)25(34)22(28(30)37)27(36)29(18,38)26(35)20(16)24(21)33/h8-9,13-14,16,18,23,32-33,36,38H,4-7,10-12H2,1-3H3,(H2,30,37)/t13?,14?,16-,18-,23-,29-/m1/s1. The van der Waals surface area contributed by atoms with E-state index in [1.807, 2.05) is 6.07 Å².